The third kappa shape index (κ3) is 2.73. The number of nitrogens with zero attached hydrogens (tertiary/aromatic N) is 2. The van der Waals surface area contributed by atoms with E-state index in [1.807, 2.05) is 13.8 Å². The number of hydrogen-bond acceptors (Lipinski definition) is 4. The fraction of sp³-hybridized carbons (Fsp3) is 0.625. The first-order valence-electron chi connectivity index (χ1n) is 4.48. The molecule has 0 saturated carbocycles. The smallest absolute Gasteiger partial charge is 0.317 e. The quantitative estimate of drug-likeness (QED) is 0.724. The molecule has 2 N–H and O–H groups in total. The molecule has 0 aromatic carbocycles. The largest absolute Gasteiger partial charge is 0.480 e. The molecule has 1 heterocycles. The van der Waals surface area contributed by atoms with Gasteiger partial charge >= 0.3 is 5.97 Å². The van der Waals surface area contributed by atoms with Gasteiger partial charge in [0.25, 0.3) is 0 Å². The highest BCUT2D eigenvalue weighted by atomic mass is 32.2. The molecular weight excluding hydrogens is 202 g/mol. The van der Waals surface area contributed by atoms with Crippen LogP contribution in [-0.4, -0.2) is 31.5 Å². The molecule has 0 aliphatic carbocycles. The topological polar surface area (TPSA) is 78.9 Å². The van der Waals surface area contributed by atoms with Crippen molar-refractivity contribution in [3.05, 3.63) is 5.82 Å². The van der Waals surface area contributed by atoms with Crippen molar-refractivity contribution < 1.29 is 9.90 Å². The highest BCUT2D eigenvalue weighted by molar-refractivity contribution is 8.00. The Kier molecular flexibility index (Phi) is 3.94. The third-order valence-corrected chi connectivity index (χ3v) is 2.95. The van der Waals surface area contributed by atoms with Crippen LogP contribution in [0.4, 0.5) is 0 Å². The lowest BCUT2D eigenvalue weighted by atomic mass is 10.3. The molecule has 1 rings (SSSR count). The number of H-pyrrole nitrogens is 1. The molecule has 0 amide bonds. The first kappa shape index (κ1) is 11.0. The summed E-state index contributed by atoms with van der Waals surface area (Å²) in [5.41, 5.74) is 0. The zero-order chi connectivity index (χ0) is 10.6. The summed E-state index contributed by atoms with van der Waals surface area (Å²) in [5.74, 6) is -0.0342. The monoisotopic (exact) mass is 215 g/mol. The summed E-state index contributed by atoms with van der Waals surface area (Å²) in [6, 6.07) is 0. The van der Waals surface area contributed by atoms with Crippen LogP contribution < -0.4 is 0 Å². The van der Waals surface area contributed by atoms with Crippen LogP contribution in [0.2, 0.25) is 0 Å². The molecule has 0 saturated heterocycles. The minimum absolute atomic E-state index is 0.462. The highest BCUT2D eigenvalue weighted by Gasteiger charge is 2.18. The maximum Gasteiger partial charge on any atom is 0.317 e. The van der Waals surface area contributed by atoms with Crippen molar-refractivity contribution in [2.75, 3.05) is 0 Å². The number of carboxylic acid groups (broad SMARTS) is 1. The zero-order valence-corrected chi connectivity index (χ0v) is 8.97. The molecule has 0 bridgehead atoms. The molecule has 1 aromatic rings. The first-order chi connectivity index (χ1) is 6.67. The SMILES string of the molecule is CCc1nc(SC(CC)C(=O)O)n[nH]1. The van der Waals surface area contributed by atoms with Crippen LogP contribution in [0.25, 0.3) is 0 Å². The zero-order valence-electron chi connectivity index (χ0n) is 8.15. The van der Waals surface area contributed by atoms with Crippen LogP contribution in [0.5, 0.6) is 0 Å². The normalized spacial score (nSPS) is 12.7. The van der Waals surface area contributed by atoms with Crippen LogP contribution in [0.1, 0.15) is 26.1 Å². The standard InChI is InChI=1S/C8H13N3O2S/c1-3-5(7(12)13)14-8-9-6(4-2)10-11-8/h5H,3-4H2,1-2H3,(H,12,13)(H,9,10,11). The van der Waals surface area contributed by atoms with Crippen molar-refractivity contribution in [2.45, 2.75) is 37.1 Å². The van der Waals surface area contributed by atoms with Gasteiger partial charge in [0, 0.05) is 6.42 Å². The van der Waals surface area contributed by atoms with Crippen molar-refractivity contribution in [3.63, 3.8) is 0 Å². The molecule has 5 nitrogen and oxygen atoms in total. The first-order valence-corrected chi connectivity index (χ1v) is 5.36. The number of aromatic amines is 1. The van der Waals surface area contributed by atoms with Gasteiger partial charge in [-0.3, -0.25) is 9.89 Å². The van der Waals surface area contributed by atoms with E-state index >= 15 is 0 Å². The lowest BCUT2D eigenvalue weighted by Crippen LogP contribution is -2.14. The second-order valence-electron chi connectivity index (χ2n) is 2.77. The predicted octanol–water partition coefficient (Wildman–Crippen LogP) is 1.32. The summed E-state index contributed by atoms with van der Waals surface area (Å²) in [5, 5.41) is 15.5. The van der Waals surface area contributed by atoms with Gasteiger partial charge in [-0.15, -0.1) is 5.10 Å². The van der Waals surface area contributed by atoms with E-state index in [0.717, 1.165) is 12.2 Å². The molecule has 6 heteroatoms. The second kappa shape index (κ2) is 4.99. The van der Waals surface area contributed by atoms with Crippen molar-refractivity contribution >= 4 is 17.7 Å². The molecule has 1 aromatic heterocycles. The summed E-state index contributed by atoms with van der Waals surface area (Å²) >= 11 is 1.18. The van der Waals surface area contributed by atoms with Crippen LogP contribution in [0.3, 0.4) is 0 Å². The maximum absolute atomic E-state index is 10.7. The Labute approximate surface area is 86.3 Å². The summed E-state index contributed by atoms with van der Waals surface area (Å²) < 4.78 is 0. The molecule has 0 fully saturated rings. The van der Waals surface area contributed by atoms with Crippen molar-refractivity contribution in [2.24, 2.45) is 0 Å². The van der Waals surface area contributed by atoms with Gasteiger partial charge in [-0.2, -0.15) is 0 Å². The van der Waals surface area contributed by atoms with Gasteiger partial charge in [0.1, 0.15) is 11.1 Å². The Bertz CT molecular complexity index is 313. The van der Waals surface area contributed by atoms with E-state index in [1.54, 1.807) is 0 Å². The third-order valence-electron chi connectivity index (χ3n) is 1.74. The van der Waals surface area contributed by atoms with Gasteiger partial charge in [0.2, 0.25) is 5.16 Å². The van der Waals surface area contributed by atoms with Crippen LogP contribution in [0, 0.1) is 0 Å². The number of rotatable bonds is 5. The van der Waals surface area contributed by atoms with E-state index in [1.165, 1.54) is 11.8 Å². The van der Waals surface area contributed by atoms with E-state index in [2.05, 4.69) is 15.2 Å². The average molecular weight is 215 g/mol. The number of aliphatic carboxylic acids is 1. The molecule has 1 unspecified atom stereocenters. The van der Waals surface area contributed by atoms with Gasteiger partial charge in [-0.1, -0.05) is 25.6 Å². The van der Waals surface area contributed by atoms with E-state index < -0.39 is 11.2 Å². The fourth-order valence-corrected chi connectivity index (χ4v) is 1.71. The van der Waals surface area contributed by atoms with E-state index in [4.69, 9.17) is 5.11 Å². The lowest BCUT2D eigenvalue weighted by Gasteiger charge is -2.04. The minimum Gasteiger partial charge on any atom is -0.480 e. The summed E-state index contributed by atoms with van der Waals surface area (Å²) in [6.07, 6.45) is 1.34. The van der Waals surface area contributed by atoms with E-state index in [0.29, 0.717) is 11.6 Å². The molecule has 78 valence electrons. The molecule has 1 atom stereocenters. The fourth-order valence-electron chi connectivity index (χ4n) is 0.924. The van der Waals surface area contributed by atoms with Gasteiger partial charge in [0.15, 0.2) is 0 Å². The molecule has 0 radical (unpaired) electrons. The van der Waals surface area contributed by atoms with Gasteiger partial charge in [0.05, 0.1) is 0 Å². The lowest BCUT2D eigenvalue weighted by molar-refractivity contribution is -0.136. The van der Waals surface area contributed by atoms with Gasteiger partial charge in [-0.05, 0) is 6.42 Å². The summed E-state index contributed by atoms with van der Waals surface area (Å²) in [7, 11) is 0. The molecule has 0 aliphatic rings. The Morgan fingerprint density at radius 1 is 1.64 bits per heavy atom. The molecule has 0 spiro atoms. The van der Waals surface area contributed by atoms with Crippen molar-refractivity contribution in [1.29, 1.82) is 0 Å². The Morgan fingerprint density at radius 2 is 2.36 bits per heavy atom. The molecule has 14 heavy (non-hydrogen) atoms. The number of aromatic nitrogens is 3. The second-order valence-corrected chi connectivity index (χ2v) is 3.94. The predicted molar refractivity (Wildman–Crippen MR) is 53.3 cm³/mol. The van der Waals surface area contributed by atoms with Crippen LogP contribution in [0.15, 0.2) is 5.16 Å². The number of nitrogens with one attached hydrogen (secondary N) is 1. The van der Waals surface area contributed by atoms with Gasteiger partial charge in [-0.25, -0.2) is 4.98 Å². The van der Waals surface area contributed by atoms with Crippen molar-refractivity contribution in [1.82, 2.24) is 15.2 Å². The number of hydrogen-bond donors (Lipinski definition) is 2. The number of aryl methyl sites for hydroxylation is 1. The number of thioether (sulfide) groups is 1. The Hall–Kier alpha value is -1.04. The van der Waals surface area contributed by atoms with E-state index in [-0.39, 0.29) is 0 Å². The number of carbonyl (C=O) groups is 1. The summed E-state index contributed by atoms with van der Waals surface area (Å²) in [6.45, 7) is 3.79. The molecular formula is C8H13N3O2S. The van der Waals surface area contributed by atoms with Gasteiger partial charge < -0.3 is 5.11 Å². The highest BCUT2D eigenvalue weighted by Crippen LogP contribution is 2.21. The number of carboxylic acids is 1. The average Bonchev–Trinajstić information content (AvgIpc) is 2.61. The maximum atomic E-state index is 10.7. The minimum atomic E-state index is -0.819. The molecule has 0 aliphatic heterocycles. The summed E-state index contributed by atoms with van der Waals surface area (Å²) in [4.78, 5) is 14.9. The van der Waals surface area contributed by atoms with Crippen molar-refractivity contribution in [3.8, 4) is 0 Å². The van der Waals surface area contributed by atoms with Crippen LogP contribution >= 0.6 is 11.8 Å². The Balaban J connectivity index is 2.62. The van der Waals surface area contributed by atoms with E-state index in [9.17, 15) is 4.79 Å². The Morgan fingerprint density at radius 3 is 2.79 bits per heavy atom. The van der Waals surface area contributed by atoms with Crippen LogP contribution in [-0.2, 0) is 11.2 Å².